The summed E-state index contributed by atoms with van der Waals surface area (Å²) in [4.78, 5) is 15.4. The van der Waals surface area contributed by atoms with Gasteiger partial charge in [0.15, 0.2) is 10.9 Å². The fourth-order valence-corrected chi connectivity index (χ4v) is 4.56. The molecular formula is C22H26N4O2S. The number of hydrogen-bond acceptors (Lipinski definition) is 6. The van der Waals surface area contributed by atoms with Gasteiger partial charge in [0.1, 0.15) is 5.76 Å². The van der Waals surface area contributed by atoms with Crippen molar-refractivity contribution in [3.63, 3.8) is 0 Å². The fraction of sp³-hybridized carbons (Fsp3) is 0.409. The second-order valence-corrected chi connectivity index (χ2v) is 8.89. The second-order valence-electron chi connectivity index (χ2n) is 7.58. The van der Waals surface area contributed by atoms with Gasteiger partial charge < -0.3 is 9.32 Å². The van der Waals surface area contributed by atoms with E-state index in [-0.39, 0.29) is 11.0 Å². The second kappa shape index (κ2) is 8.45. The maximum absolute atomic E-state index is 13.1. The number of carbonyl (C=O) groups excluding carboxylic acids is 1. The lowest BCUT2D eigenvalue weighted by Gasteiger charge is -2.18. The molecule has 3 aromatic rings. The van der Waals surface area contributed by atoms with Crippen LogP contribution in [0.2, 0.25) is 0 Å². The van der Waals surface area contributed by atoms with Crippen molar-refractivity contribution in [3.8, 4) is 0 Å². The minimum Gasteiger partial charge on any atom is -0.467 e. The van der Waals surface area contributed by atoms with E-state index in [0.717, 1.165) is 59.5 Å². The van der Waals surface area contributed by atoms with Gasteiger partial charge in [-0.3, -0.25) is 9.36 Å². The molecule has 0 radical (unpaired) electrons. The van der Waals surface area contributed by atoms with Gasteiger partial charge in [0.05, 0.1) is 18.1 Å². The third kappa shape index (κ3) is 4.24. The highest BCUT2D eigenvalue weighted by Gasteiger charge is 2.26. The van der Waals surface area contributed by atoms with E-state index >= 15 is 0 Å². The fourth-order valence-electron chi connectivity index (χ4n) is 3.65. The smallest absolute Gasteiger partial charge is 0.228 e. The van der Waals surface area contributed by atoms with Gasteiger partial charge in [-0.25, -0.2) is 0 Å². The van der Waals surface area contributed by atoms with E-state index in [9.17, 15) is 4.79 Å². The highest BCUT2D eigenvalue weighted by Crippen LogP contribution is 2.30. The van der Waals surface area contributed by atoms with E-state index in [0.29, 0.717) is 6.54 Å². The van der Waals surface area contributed by atoms with Crippen molar-refractivity contribution in [2.45, 2.75) is 50.6 Å². The Labute approximate surface area is 175 Å². The van der Waals surface area contributed by atoms with Gasteiger partial charge in [-0.2, -0.15) is 0 Å². The number of anilines is 1. The van der Waals surface area contributed by atoms with Crippen molar-refractivity contribution in [3.05, 3.63) is 59.0 Å². The Balaban J connectivity index is 1.60. The van der Waals surface area contributed by atoms with Gasteiger partial charge >= 0.3 is 0 Å². The summed E-state index contributed by atoms with van der Waals surface area (Å²) in [6.45, 7) is 8.45. The first-order chi connectivity index (χ1) is 14.0. The lowest BCUT2D eigenvalue weighted by molar-refractivity contribution is 0.0993. The quantitative estimate of drug-likeness (QED) is 0.422. The van der Waals surface area contributed by atoms with E-state index in [2.05, 4.69) is 19.7 Å². The molecule has 152 valence electrons. The number of carbonyl (C=O) groups is 1. The standard InChI is InChI=1S/C22H26N4O2S/c1-15-8-9-16(2)19(13-15)20(27)17(3)29-22-24-23-21(25-10-4-5-11-25)26(22)14-18-7-6-12-28-18/h6-9,12-13,17H,4-5,10-11,14H2,1-3H3. The van der Waals surface area contributed by atoms with Crippen molar-refractivity contribution in [2.75, 3.05) is 18.0 Å². The van der Waals surface area contributed by atoms with Crippen LogP contribution < -0.4 is 4.90 Å². The van der Waals surface area contributed by atoms with Crippen LogP contribution in [0.4, 0.5) is 5.95 Å². The number of furan rings is 1. The number of aromatic nitrogens is 3. The minimum absolute atomic E-state index is 0.117. The minimum atomic E-state index is -0.263. The van der Waals surface area contributed by atoms with Gasteiger partial charge in [-0.05, 0) is 57.4 Å². The zero-order chi connectivity index (χ0) is 20.4. The number of thioether (sulfide) groups is 1. The number of ketones is 1. The van der Waals surface area contributed by atoms with Crippen LogP contribution in [0, 0.1) is 13.8 Å². The molecule has 3 heterocycles. The van der Waals surface area contributed by atoms with E-state index in [4.69, 9.17) is 4.42 Å². The van der Waals surface area contributed by atoms with Crippen molar-refractivity contribution >= 4 is 23.5 Å². The number of Topliss-reactive ketones (excluding diaryl/α,β-unsaturated/α-hetero) is 1. The summed E-state index contributed by atoms with van der Waals surface area (Å²) >= 11 is 1.46. The number of rotatable bonds is 7. The van der Waals surface area contributed by atoms with Gasteiger partial charge in [0.25, 0.3) is 0 Å². The third-order valence-corrected chi connectivity index (χ3v) is 6.37. The lowest BCUT2D eigenvalue weighted by atomic mass is 10.0. The van der Waals surface area contributed by atoms with Crippen molar-refractivity contribution in [1.82, 2.24) is 14.8 Å². The van der Waals surface area contributed by atoms with Crippen LogP contribution in [0.3, 0.4) is 0 Å². The molecule has 0 amide bonds. The molecule has 1 aromatic carbocycles. The third-order valence-electron chi connectivity index (χ3n) is 5.29. The van der Waals surface area contributed by atoms with Crippen molar-refractivity contribution in [1.29, 1.82) is 0 Å². The van der Waals surface area contributed by atoms with E-state index < -0.39 is 0 Å². The molecule has 1 atom stereocenters. The number of nitrogens with zero attached hydrogens (tertiary/aromatic N) is 4. The molecule has 4 rings (SSSR count). The molecule has 7 heteroatoms. The molecule has 1 saturated heterocycles. The largest absolute Gasteiger partial charge is 0.467 e. The van der Waals surface area contributed by atoms with Crippen molar-refractivity contribution < 1.29 is 9.21 Å². The number of benzene rings is 1. The predicted molar refractivity (Wildman–Crippen MR) is 115 cm³/mol. The Morgan fingerprint density at radius 1 is 1.21 bits per heavy atom. The Morgan fingerprint density at radius 2 is 2.00 bits per heavy atom. The first-order valence-electron chi connectivity index (χ1n) is 10.0. The van der Waals surface area contributed by atoms with Crippen LogP contribution in [0.1, 0.15) is 47.0 Å². The molecular weight excluding hydrogens is 384 g/mol. The molecule has 29 heavy (non-hydrogen) atoms. The van der Waals surface area contributed by atoms with Crippen LogP contribution >= 0.6 is 11.8 Å². The van der Waals surface area contributed by atoms with E-state index in [1.807, 2.05) is 51.1 Å². The summed E-state index contributed by atoms with van der Waals surface area (Å²) in [6.07, 6.45) is 4.00. The Kier molecular flexibility index (Phi) is 5.76. The van der Waals surface area contributed by atoms with E-state index in [1.54, 1.807) is 6.26 Å². The topological polar surface area (TPSA) is 64.2 Å². The molecule has 0 spiro atoms. The van der Waals surface area contributed by atoms with E-state index in [1.165, 1.54) is 11.8 Å². The van der Waals surface area contributed by atoms with Gasteiger partial charge in [-0.15, -0.1) is 10.2 Å². The first-order valence-corrected chi connectivity index (χ1v) is 10.9. The molecule has 1 aliphatic heterocycles. The first kappa shape index (κ1) is 19.8. The monoisotopic (exact) mass is 410 g/mol. The summed E-state index contributed by atoms with van der Waals surface area (Å²) in [5, 5.41) is 9.38. The highest BCUT2D eigenvalue weighted by atomic mass is 32.2. The Bertz CT molecular complexity index is 990. The number of hydrogen-bond donors (Lipinski definition) is 0. The summed E-state index contributed by atoms with van der Waals surface area (Å²) < 4.78 is 7.63. The summed E-state index contributed by atoms with van der Waals surface area (Å²) in [6, 6.07) is 9.84. The summed E-state index contributed by atoms with van der Waals surface area (Å²) in [5.74, 6) is 1.82. The van der Waals surface area contributed by atoms with Crippen LogP contribution in [0.25, 0.3) is 0 Å². The average Bonchev–Trinajstić information content (AvgIpc) is 3.46. The summed E-state index contributed by atoms with van der Waals surface area (Å²) in [7, 11) is 0. The normalized spacial score (nSPS) is 15.1. The molecule has 0 N–H and O–H groups in total. The molecule has 1 aliphatic rings. The van der Waals surface area contributed by atoms with Crippen molar-refractivity contribution in [2.24, 2.45) is 0 Å². The predicted octanol–water partition coefficient (Wildman–Crippen LogP) is 4.50. The van der Waals surface area contributed by atoms with Gasteiger partial charge in [0.2, 0.25) is 5.95 Å². The van der Waals surface area contributed by atoms with Crippen LogP contribution in [-0.2, 0) is 6.54 Å². The zero-order valence-electron chi connectivity index (χ0n) is 17.1. The number of aryl methyl sites for hydroxylation is 2. The Morgan fingerprint density at radius 3 is 2.72 bits per heavy atom. The Hall–Kier alpha value is -2.54. The van der Waals surface area contributed by atoms with Crippen LogP contribution in [0.5, 0.6) is 0 Å². The van der Waals surface area contributed by atoms with Crippen LogP contribution in [0.15, 0.2) is 46.2 Å². The molecule has 0 aliphatic carbocycles. The zero-order valence-corrected chi connectivity index (χ0v) is 17.9. The molecule has 6 nitrogen and oxygen atoms in total. The molecule has 1 fully saturated rings. The molecule has 1 unspecified atom stereocenters. The maximum atomic E-state index is 13.1. The SMILES string of the molecule is Cc1ccc(C)c(C(=O)C(C)Sc2nnc(N3CCCC3)n2Cc2ccco2)c1. The van der Waals surface area contributed by atoms with Gasteiger partial charge in [-0.1, -0.05) is 29.5 Å². The van der Waals surface area contributed by atoms with Gasteiger partial charge in [0, 0.05) is 18.7 Å². The molecule has 2 aromatic heterocycles. The highest BCUT2D eigenvalue weighted by molar-refractivity contribution is 8.00. The van der Waals surface area contributed by atoms with Crippen LogP contribution in [-0.4, -0.2) is 38.9 Å². The molecule has 0 bridgehead atoms. The molecule has 0 saturated carbocycles. The lowest BCUT2D eigenvalue weighted by Crippen LogP contribution is -2.23. The average molecular weight is 411 g/mol. The maximum Gasteiger partial charge on any atom is 0.228 e. The summed E-state index contributed by atoms with van der Waals surface area (Å²) in [5.41, 5.74) is 2.87.